The topological polar surface area (TPSA) is 104 Å². The first-order valence-electron chi connectivity index (χ1n) is 4.81. The van der Waals surface area contributed by atoms with E-state index in [1.165, 1.54) is 0 Å². The Labute approximate surface area is 83.5 Å². The maximum Gasteiger partial charge on any atom is 0.358 e. The van der Waals surface area contributed by atoms with E-state index < -0.39 is 12.9 Å². The molecule has 1 fully saturated rings. The first-order valence-corrected chi connectivity index (χ1v) is 6.42. The molecule has 3 atom stereocenters. The van der Waals surface area contributed by atoms with Gasteiger partial charge in [-0.2, -0.15) is 0 Å². The van der Waals surface area contributed by atoms with E-state index >= 15 is 0 Å². The zero-order chi connectivity index (χ0) is 11.0. The molecule has 5 nitrogen and oxygen atoms in total. The molecule has 1 aliphatic carbocycles. The van der Waals surface area contributed by atoms with Crippen molar-refractivity contribution in [1.29, 1.82) is 0 Å². The highest BCUT2D eigenvalue weighted by Crippen LogP contribution is 2.57. The van der Waals surface area contributed by atoms with Crippen LogP contribution in [0.25, 0.3) is 0 Å². The lowest BCUT2D eigenvalue weighted by atomic mass is 9.91. The Bertz CT molecular complexity index is 254. The van der Waals surface area contributed by atoms with Crippen molar-refractivity contribution in [3.05, 3.63) is 0 Å². The van der Waals surface area contributed by atoms with Crippen LogP contribution in [0.3, 0.4) is 0 Å². The third kappa shape index (κ3) is 1.88. The zero-order valence-corrected chi connectivity index (χ0v) is 9.15. The van der Waals surface area contributed by atoms with E-state index in [0.717, 1.165) is 12.8 Å². The average Bonchev–Trinajstić information content (AvgIpc) is 2.48. The SMILES string of the molecule is C[C@H]1CCC[C@H]1C(O)(CN)P(=O)(O)O. The molecule has 0 aromatic heterocycles. The van der Waals surface area contributed by atoms with Gasteiger partial charge in [0.2, 0.25) is 0 Å². The first kappa shape index (κ1) is 12.1. The Morgan fingerprint density at radius 1 is 1.50 bits per heavy atom. The van der Waals surface area contributed by atoms with Crippen molar-refractivity contribution in [2.75, 3.05) is 6.54 Å². The average molecular weight is 223 g/mol. The summed E-state index contributed by atoms with van der Waals surface area (Å²) in [6.45, 7) is 1.51. The van der Waals surface area contributed by atoms with Crippen molar-refractivity contribution in [2.45, 2.75) is 31.5 Å². The zero-order valence-electron chi connectivity index (χ0n) is 8.26. The lowest BCUT2D eigenvalue weighted by Crippen LogP contribution is -2.45. The van der Waals surface area contributed by atoms with Gasteiger partial charge in [0.1, 0.15) is 0 Å². The number of hydrogen-bond donors (Lipinski definition) is 4. The van der Waals surface area contributed by atoms with Crippen LogP contribution in [0.5, 0.6) is 0 Å². The first-order chi connectivity index (χ1) is 6.33. The molecule has 0 bridgehead atoms. The van der Waals surface area contributed by atoms with Crippen LogP contribution in [0.2, 0.25) is 0 Å². The van der Waals surface area contributed by atoms with Crippen LogP contribution in [-0.4, -0.2) is 26.8 Å². The standard InChI is InChI=1S/C8H18NO4P/c1-6-3-2-4-7(6)8(10,5-9)14(11,12)13/h6-7,10H,2-5,9H2,1H3,(H2,11,12,13)/t6-,7+,8?/m0/s1. The lowest BCUT2D eigenvalue weighted by molar-refractivity contribution is 0.0278. The van der Waals surface area contributed by atoms with E-state index in [2.05, 4.69) is 0 Å². The van der Waals surface area contributed by atoms with Crippen LogP contribution >= 0.6 is 7.60 Å². The van der Waals surface area contributed by atoms with Gasteiger partial charge < -0.3 is 20.6 Å². The maximum absolute atomic E-state index is 11.2. The van der Waals surface area contributed by atoms with Gasteiger partial charge in [-0.15, -0.1) is 0 Å². The minimum absolute atomic E-state index is 0.121. The Morgan fingerprint density at radius 2 is 2.07 bits per heavy atom. The fourth-order valence-corrected chi connectivity index (χ4v) is 3.37. The van der Waals surface area contributed by atoms with Crippen LogP contribution in [-0.2, 0) is 4.57 Å². The van der Waals surface area contributed by atoms with E-state index in [4.69, 9.17) is 15.5 Å². The summed E-state index contributed by atoms with van der Waals surface area (Å²) < 4.78 is 11.2. The molecular weight excluding hydrogens is 205 g/mol. The molecule has 1 unspecified atom stereocenters. The van der Waals surface area contributed by atoms with Crippen LogP contribution in [0.1, 0.15) is 26.2 Å². The van der Waals surface area contributed by atoms with Crippen LogP contribution < -0.4 is 5.73 Å². The molecule has 84 valence electrons. The molecule has 0 aromatic carbocycles. The van der Waals surface area contributed by atoms with Gasteiger partial charge in [-0.1, -0.05) is 19.8 Å². The predicted molar refractivity (Wildman–Crippen MR) is 52.6 cm³/mol. The summed E-state index contributed by atoms with van der Waals surface area (Å²) in [6, 6.07) is 0. The maximum atomic E-state index is 11.2. The van der Waals surface area contributed by atoms with Gasteiger partial charge in [0.25, 0.3) is 0 Å². The normalized spacial score (nSPS) is 32.9. The van der Waals surface area contributed by atoms with E-state index in [9.17, 15) is 9.67 Å². The summed E-state index contributed by atoms with van der Waals surface area (Å²) in [6.07, 6.45) is 2.43. The van der Waals surface area contributed by atoms with Gasteiger partial charge >= 0.3 is 7.60 Å². The van der Waals surface area contributed by atoms with E-state index in [1.807, 2.05) is 6.92 Å². The van der Waals surface area contributed by atoms with Crippen LogP contribution in [0.4, 0.5) is 0 Å². The van der Waals surface area contributed by atoms with Crippen molar-refractivity contribution in [3.63, 3.8) is 0 Å². The molecule has 1 aliphatic rings. The largest absolute Gasteiger partial charge is 0.376 e. The minimum Gasteiger partial charge on any atom is -0.376 e. The highest BCUT2D eigenvalue weighted by molar-refractivity contribution is 7.53. The number of rotatable bonds is 3. The summed E-state index contributed by atoms with van der Waals surface area (Å²) in [5.74, 6) is -0.260. The third-order valence-corrected chi connectivity index (χ3v) is 4.78. The minimum atomic E-state index is -4.54. The molecule has 5 N–H and O–H groups in total. The van der Waals surface area contributed by atoms with Crippen molar-refractivity contribution in [3.8, 4) is 0 Å². The molecule has 6 heteroatoms. The highest BCUT2D eigenvalue weighted by Gasteiger charge is 2.53. The van der Waals surface area contributed by atoms with Crippen LogP contribution in [0.15, 0.2) is 0 Å². The monoisotopic (exact) mass is 223 g/mol. The molecule has 0 radical (unpaired) electrons. The molecule has 0 spiro atoms. The van der Waals surface area contributed by atoms with Crippen molar-refractivity contribution in [2.24, 2.45) is 17.6 Å². The lowest BCUT2D eigenvalue weighted by Gasteiger charge is -2.35. The number of nitrogens with two attached hydrogens (primary N) is 1. The Kier molecular flexibility index (Phi) is 3.39. The summed E-state index contributed by atoms with van der Waals surface area (Å²) in [5, 5.41) is 7.91. The third-order valence-electron chi connectivity index (χ3n) is 3.26. The number of aliphatic hydroxyl groups is 1. The highest BCUT2D eigenvalue weighted by atomic mass is 31.2. The Morgan fingerprint density at radius 3 is 2.36 bits per heavy atom. The molecular formula is C8H18NO4P. The van der Waals surface area contributed by atoms with E-state index in [1.54, 1.807) is 0 Å². The molecule has 0 amide bonds. The molecule has 0 heterocycles. The Balaban J connectivity index is 2.95. The van der Waals surface area contributed by atoms with Gasteiger partial charge in [-0.3, -0.25) is 4.57 Å². The summed E-state index contributed by atoms with van der Waals surface area (Å²) in [7, 11) is -4.54. The van der Waals surface area contributed by atoms with Crippen LogP contribution in [0, 0.1) is 11.8 Å². The second-order valence-corrected chi connectivity index (χ2v) is 6.00. The quantitative estimate of drug-likeness (QED) is 0.513. The van der Waals surface area contributed by atoms with Gasteiger partial charge in [-0.05, 0) is 12.3 Å². The molecule has 0 aliphatic heterocycles. The van der Waals surface area contributed by atoms with Gasteiger partial charge in [0.05, 0.1) is 0 Å². The molecule has 1 saturated carbocycles. The fourth-order valence-electron chi connectivity index (χ4n) is 2.32. The van der Waals surface area contributed by atoms with Crippen molar-refractivity contribution < 1.29 is 19.5 Å². The second kappa shape index (κ2) is 3.91. The van der Waals surface area contributed by atoms with Gasteiger partial charge in [0, 0.05) is 12.5 Å². The van der Waals surface area contributed by atoms with Gasteiger partial charge in [0.15, 0.2) is 5.34 Å². The predicted octanol–water partition coefficient (Wildman–Crippen LogP) is 0.248. The smallest absolute Gasteiger partial charge is 0.358 e. The van der Waals surface area contributed by atoms with Gasteiger partial charge in [-0.25, -0.2) is 0 Å². The molecule has 0 saturated heterocycles. The van der Waals surface area contributed by atoms with E-state index in [0.29, 0.717) is 6.42 Å². The molecule has 0 aromatic rings. The summed E-state index contributed by atoms with van der Waals surface area (Å²) >= 11 is 0. The van der Waals surface area contributed by atoms with E-state index in [-0.39, 0.29) is 18.4 Å². The fraction of sp³-hybridized carbons (Fsp3) is 1.00. The van der Waals surface area contributed by atoms with Crippen molar-refractivity contribution >= 4 is 7.60 Å². The number of hydrogen-bond acceptors (Lipinski definition) is 3. The molecule has 1 rings (SSSR count). The molecule has 14 heavy (non-hydrogen) atoms. The summed E-state index contributed by atoms with van der Waals surface area (Å²) in [5.41, 5.74) is 5.29. The summed E-state index contributed by atoms with van der Waals surface area (Å²) in [4.78, 5) is 18.2. The second-order valence-electron chi connectivity index (χ2n) is 4.14. The van der Waals surface area contributed by atoms with Crippen molar-refractivity contribution in [1.82, 2.24) is 0 Å². The Hall–Kier alpha value is 0.0700.